The van der Waals surface area contributed by atoms with Crippen molar-refractivity contribution in [2.45, 2.75) is 19.7 Å². The van der Waals surface area contributed by atoms with Gasteiger partial charge < -0.3 is 19.4 Å². The van der Waals surface area contributed by atoms with Crippen molar-refractivity contribution >= 4 is 5.91 Å². The highest BCUT2D eigenvalue weighted by molar-refractivity contribution is 5.93. The fourth-order valence-electron chi connectivity index (χ4n) is 3.47. The van der Waals surface area contributed by atoms with Crippen molar-refractivity contribution in [3.05, 3.63) is 124 Å². The minimum atomic E-state index is -0.426. The second-order valence-corrected chi connectivity index (χ2v) is 7.65. The molecule has 2 heterocycles. The van der Waals surface area contributed by atoms with Crippen LogP contribution in [0.5, 0.6) is 11.5 Å². The summed E-state index contributed by atoms with van der Waals surface area (Å²) < 4.78 is 12.8. The van der Waals surface area contributed by atoms with Crippen molar-refractivity contribution in [2.24, 2.45) is 0 Å². The largest absolute Gasteiger partial charge is 0.493 e. The summed E-state index contributed by atoms with van der Waals surface area (Å²) in [5.74, 6) is 0.733. The van der Waals surface area contributed by atoms with Crippen molar-refractivity contribution < 1.29 is 14.3 Å². The quantitative estimate of drug-likeness (QED) is 0.415. The van der Waals surface area contributed by atoms with E-state index in [1.54, 1.807) is 43.9 Å². The molecule has 2 aromatic heterocycles. The number of hydrogen-bond acceptors (Lipinski definition) is 5. The molecule has 34 heavy (non-hydrogen) atoms. The van der Waals surface area contributed by atoms with Crippen LogP contribution in [-0.2, 0) is 19.7 Å². The lowest BCUT2D eigenvalue weighted by atomic mass is 10.2. The summed E-state index contributed by atoms with van der Waals surface area (Å²) in [5, 5.41) is 2.82. The molecule has 0 spiro atoms. The lowest BCUT2D eigenvalue weighted by Gasteiger charge is -2.13. The highest BCUT2D eigenvalue weighted by Crippen LogP contribution is 2.28. The van der Waals surface area contributed by atoms with Gasteiger partial charge in [-0.1, -0.05) is 36.4 Å². The number of amides is 1. The fraction of sp³-hybridized carbons (Fsp3) is 0.148. The van der Waals surface area contributed by atoms with Crippen molar-refractivity contribution in [2.75, 3.05) is 7.11 Å². The molecule has 0 radical (unpaired) electrons. The van der Waals surface area contributed by atoms with Crippen LogP contribution in [0.1, 0.15) is 27.0 Å². The number of methoxy groups -OCH3 is 1. The van der Waals surface area contributed by atoms with Gasteiger partial charge in [0.2, 0.25) is 0 Å². The molecule has 0 aliphatic rings. The number of hydrogen-bond donors (Lipinski definition) is 1. The molecule has 1 N–H and O–H groups in total. The number of rotatable bonds is 9. The van der Waals surface area contributed by atoms with E-state index in [1.807, 2.05) is 48.5 Å². The monoisotopic (exact) mass is 455 g/mol. The molecule has 7 heteroatoms. The van der Waals surface area contributed by atoms with Crippen LogP contribution in [0.2, 0.25) is 0 Å². The molecule has 1 amide bonds. The van der Waals surface area contributed by atoms with Crippen LogP contribution in [0.4, 0.5) is 0 Å². The molecule has 0 fully saturated rings. The lowest BCUT2D eigenvalue weighted by Crippen LogP contribution is -2.32. The number of carbonyl (C=O) groups is 1. The maximum atomic E-state index is 12.8. The van der Waals surface area contributed by atoms with E-state index in [1.165, 1.54) is 10.6 Å². The van der Waals surface area contributed by atoms with Gasteiger partial charge in [0.1, 0.15) is 12.2 Å². The van der Waals surface area contributed by atoms with Crippen LogP contribution in [0.3, 0.4) is 0 Å². The molecular formula is C27H25N3O4. The van der Waals surface area contributed by atoms with Crippen LogP contribution >= 0.6 is 0 Å². The molecule has 0 atom stereocenters. The first-order chi connectivity index (χ1) is 16.6. The van der Waals surface area contributed by atoms with E-state index in [-0.39, 0.29) is 17.7 Å². The van der Waals surface area contributed by atoms with E-state index in [4.69, 9.17) is 9.47 Å². The molecular weight excluding hydrogens is 430 g/mol. The topological polar surface area (TPSA) is 82.5 Å². The van der Waals surface area contributed by atoms with E-state index >= 15 is 0 Å². The first-order valence-electron chi connectivity index (χ1n) is 10.8. The van der Waals surface area contributed by atoms with Gasteiger partial charge in [-0.15, -0.1) is 0 Å². The molecule has 0 unspecified atom stereocenters. The Hall–Kier alpha value is -4.39. The molecule has 2 aromatic carbocycles. The highest BCUT2D eigenvalue weighted by atomic mass is 16.5. The normalized spacial score (nSPS) is 10.5. The maximum absolute atomic E-state index is 12.8. The van der Waals surface area contributed by atoms with E-state index in [9.17, 15) is 9.59 Å². The van der Waals surface area contributed by atoms with Gasteiger partial charge in [0.15, 0.2) is 11.5 Å². The van der Waals surface area contributed by atoms with E-state index < -0.39 is 5.91 Å². The van der Waals surface area contributed by atoms with Crippen LogP contribution < -0.4 is 20.3 Å². The molecule has 7 nitrogen and oxygen atoms in total. The average molecular weight is 456 g/mol. The van der Waals surface area contributed by atoms with Gasteiger partial charge in [0.25, 0.3) is 11.5 Å². The summed E-state index contributed by atoms with van der Waals surface area (Å²) in [4.78, 5) is 29.6. The Morgan fingerprint density at radius 1 is 0.912 bits per heavy atom. The number of ether oxygens (including phenoxy) is 2. The van der Waals surface area contributed by atoms with Gasteiger partial charge >= 0.3 is 0 Å². The predicted octanol–water partition coefficient (Wildman–Crippen LogP) is 3.81. The van der Waals surface area contributed by atoms with Crippen molar-refractivity contribution in [1.82, 2.24) is 14.9 Å². The molecule has 4 aromatic rings. The predicted molar refractivity (Wildman–Crippen MR) is 129 cm³/mol. The molecule has 0 bridgehead atoms. The first kappa shape index (κ1) is 22.8. The third-order valence-electron chi connectivity index (χ3n) is 5.29. The zero-order valence-electron chi connectivity index (χ0n) is 18.8. The smallest absolute Gasteiger partial charge is 0.263 e. The van der Waals surface area contributed by atoms with Gasteiger partial charge in [-0.25, -0.2) is 0 Å². The van der Waals surface area contributed by atoms with Crippen LogP contribution in [0, 0.1) is 0 Å². The number of nitrogens with one attached hydrogen (secondary N) is 1. The second kappa shape index (κ2) is 11.0. The number of nitrogens with zero attached hydrogens (tertiary/aromatic N) is 2. The second-order valence-electron chi connectivity index (χ2n) is 7.65. The highest BCUT2D eigenvalue weighted by Gasteiger charge is 2.13. The zero-order valence-corrected chi connectivity index (χ0v) is 18.8. The Labute approximate surface area is 197 Å². The van der Waals surface area contributed by atoms with Gasteiger partial charge in [-0.2, -0.15) is 0 Å². The standard InChI is InChI=1S/C27H25N3O4/c1-33-25-16-22(9-10-24(25)34-19-21-11-13-28-14-12-21)17-29-26(31)23-8-5-15-30(27(23)32)18-20-6-3-2-4-7-20/h2-16H,17-19H2,1H3,(H,29,31). The van der Waals surface area contributed by atoms with Crippen LogP contribution in [0.15, 0.2) is 96.2 Å². The Balaban J connectivity index is 1.40. The van der Waals surface area contributed by atoms with Gasteiger partial charge in [0.05, 0.1) is 13.7 Å². The third kappa shape index (κ3) is 5.69. The number of aromatic nitrogens is 2. The molecule has 0 saturated heterocycles. The molecule has 0 saturated carbocycles. The van der Waals surface area contributed by atoms with E-state index in [0.717, 1.165) is 16.7 Å². The third-order valence-corrected chi connectivity index (χ3v) is 5.29. The maximum Gasteiger partial charge on any atom is 0.263 e. The Bertz CT molecular complexity index is 1300. The van der Waals surface area contributed by atoms with Crippen molar-refractivity contribution in [3.8, 4) is 11.5 Å². The minimum absolute atomic E-state index is 0.0997. The SMILES string of the molecule is COc1cc(CNC(=O)c2cccn(Cc3ccccc3)c2=O)ccc1OCc1ccncc1. The average Bonchev–Trinajstić information content (AvgIpc) is 2.88. The van der Waals surface area contributed by atoms with Crippen molar-refractivity contribution in [3.63, 3.8) is 0 Å². The lowest BCUT2D eigenvalue weighted by molar-refractivity contribution is 0.0948. The Morgan fingerprint density at radius 2 is 1.71 bits per heavy atom. The number of benzene rings is 2. The van der Waals surface area contributed by atoms with Gasteiger partial charge in [0, 0.05) is 25.1 Å². The van der Waals surface area contributed by atoms with E-state index in [0.29, 0.717) is 24.7 Å². The summed E-state index contributed by atoms with van der Waals surface area (Å²) in [6.07, 6.45) is 5.11. The summed E-state index contributed by atoms with van der Waals surface area (Å²) in [7, 11) is 1.57. The minimum Gasteiger partial charge on any atom is -0.493 e. The summed E-state index contributed by atoms with van der Waals surface area (Å²) in [5.41, 5.74) is 2.57. The molecule has 4 rings (SSSR count). The Kier molecular flexibility index (Phi) is 7.35. The zero-order chi connectivity index (χ0) is 23.8. The molecule has 172 valence electrons. The van der Waals surface area contributed by atoms with Crippen LogP contribution in [0.25, 0.3) is 0 Å². The van der Waals surface area contributed by atoms with E-state index in [2.05, 4.69) is 10.3 Å². The summed E-state index contributed by atoms with van der Waals surface area (Å²) >= 11 is 0. The summed E-state index contributed by atoms with van der Waals surface area (Å²) in [6, 6.07) is 22.1. The van der Waals surface area contributed by atoms with Gasteiger partial charge in [-0.05, 0) is 53.1 Å². The number of carbonyl (C=O) groups excluding carboxylic acids is 1. The first-order valence-corrected chi connectivity index (χ1v) is 10.8. The van der Waals surface area contributed by atoms with Crippen LogP contribution in [-0.4, -0.2) is 22.6 Å². The summed E-state index contributed by atoms with van der Waals surface area (Å²) in [6.45, 7) is 1.03. The van der Waals surface area contributed by atoms with Crippen molar-refractivity contribution in [1.29, 1.82) is 0 Å². The molecule has 0 aliphatic carbocycles. The van der Waals surface area contributed by atoms with Gasteiger partial charge in [-0.3, -0.25) is 14.6 Å². The Morgan fingerprint density at radius 3 is 2.47 bits per heavy atom. The fourth-order valence-corrected chi connectivity index (χ4v) is 3.47. The number of pyridine rings is 2. The molecule has 0 aliphatic heterocycles.